The van der Waals surface area contributed by atoms with Gasteiger partial charge in [-0.15, -0.1) is 0 Å². The monoisotopic (exact) mass is 163 g/mol. The molecule has 1 aromatic rings. The molecule has 1 aliphatic heterocycles. The summed E-state index contributed by atoms with van der Waals surface area (Å²) in [5, 5.41) is 3.34. The number of anilines is 1. The molecule has 0 aliphatic carbocycles. The number of rotatable bonds is 1. The van der Waals surface area contributed by atoms with E-state index in [9.17, 15) is 0 Å². The fourth-order valence-corrected chi connectivity index (χ4v) is 1.62. The number of benzene rings is 1. The van der Waals surface area contributed by atoms with Crippen LogP contribution in [0.5, 0.6) is 5.75 Å². The molecular formula is C10H13NO. The summed E-state index contributed by atoms with van der Waals surface area (Å²) in [5.74, 6) is 1.56. The zero-order valence-corrected chi connectivity index (χ0v) is 7.42. The minimum Gasteiger partial charge on any atom is -0.497 e. The first-order valence-corrected chi connectivity index (χ1v) is 4.23. The predicted octanol–water partition coefficient (Wildman–Crippen LogP) is 2.22. The van der Waals surface area contributed by atoms with Gasteiger partial charge in [0.15, 0.2) is 0 Å². The summed E-state index contributed by atoms with van der Waals surface area (Å²) in [4.78, 5) is 0. The lowest BCUT2D eigenvalue weighted by molar-refractivity contribution is 0.415. The summed E-state index contributed by atoms with van der Waals surface area (Å²) >= 11 is 0. The lowest BCUT2D eigenvalue weighted by Gasteiger charge is -2.04. The average Bonchev–Trinajstić information content (AvgIpc) is 2.47. The van der Waals surface area contributed by atoms with Gasteiger partial charge in [0.1, 0.15) is 5.75 Å². The van der Waals surface area contributed by atoms with Crippen molar-refractivity contribution in [2.75, 3.05) is 19.0 Å². The molecule has 1 atom stereocenters. The molecule has 0 bridgehead atoms. The van der Waals surface area contributed by atoms with E-state index < -0.39 is 0 Å². The summed E-state index contributed by atoms with van der Waals surface area (Å²) < 4.78 is 5.13. The molecule has 1 N–H and O–H groups in total. The van der Waals surface area contributed by atoms with Gasteiger partial charge in [-0.2, -0.15) is 0 Å². The Bertz CT molecular complexity index is 296. The lowest BCUT2D eigenvalue weighted by Crippen LogP contribution is -1.95. The van der Waals surface area contributed by atoms with Crippen LogP contribution in [0.2, 0.25) is 0 Å². The topological polar surface area (TPSA) is 21.3 Å². The molecule has 0 radical (unpaired) electrons. The van der Waals surface area contributed by atoms with Gasteiger partial charge in [-0.25, -0.2) is 0 Å². The van der Waals surface area contributed by atoms with Gasteiger partial charge in [-0.05, 0) is 11.6 Å². The van der Waals surface area contributed by atoms with Gasteiger partial charge in [0, 0.05) is 24.2 Å². The lowest BCUT2D eigenvalue weighted by atomic mass is 10.0. The van der Waals surface area contributed by atoms with E-state index >= 15 is 0 Å². The maximum Gasteiger partial charge on any atom is 0.120 e. The molecule has 0 spiro atoms. The summed E-state index contributed by atoms with van der Waals surface area (Å²) in [6.07, 6.45) is 0. The molecule has 1 aliphatic rings. The van der Waals surface area contributed by atoms with Crippen LogP contribution >= 0.6 is 0 Å². The van der Waals surface area contributed by atoms with Crippen LogP contribution in [0.15, 0.2) is 18.2 Å². The molecule has 2 rings (SSSR count). The Morgan fingerprint density at radius 1 is 1.50 bits per heavy atom. The van der Waals surface area contributed by atoms with E-state index in [-0.39, 0.29) is 0 Å². The van der Waals surface area contributed by atoms with Crippen molar-refractivity contribution in [2.24, 2.45) is 0 Å². The fraction of sp³-hybridized carbons (Fsp3) is 0.400. The van der Waals surface area contributed by atoms with E-state index in [4.69, 9.17) is 4.74 Å². The molecule has 0 amide bonds. The Labute approximate surface area is 72.5 Å². The molecule has 2 heteroatoms. The third-order valence-corrected chi connectivity index (χ3v) is 2.39. The Morgan fingerprint density at radius 2 is 2.33 bits per heavy atom. The molecule has 0 aromatic heterocycles. The number of hydrogen-bond donors (Lipinski definition) is 1. The highest BCUT2D eigenvalue weighted by atomic mass is 16.5. The van der Waals surface area contributed by atoms with E-state index in [1.165, 1.54) is 11.3 Å². The maximum atomic E-state index is 5.13. The maximum absolute atomic E-state index is 5.13. The van der Waals surface area contributed by atoms with E-state index in [1.807, 2.05) is 6.07 Å². The number of methoxy groups -OCH3 is 1. The van der Waals surface area contributed by atoms with Gasteiger partial charge in [0.25, 0.3) is 0 Å². The molecule has 1 aromatic carbocycles. The third kappa shape index (κ3) is 1.04. The summed E-state index contributed by atoms with van der Waals surface area (Å²) in [6, 6.07) is 6.21. The molecular weight excluding hydrogens is 150 g/mol. The zero-order chi connectivity index (χ0) is 8.55. The Hall–Kier alpha value is -1.18. The van der Waals surface area contributed by atoms with Gasteiger partial charge in [0.2, 0.25) is 0 Å². The average molecular weight is 163 g/mol. The van der Waals surface area contributed by atoms with Crippen LogP contribution in [0.4, 0.5) is 5.69 Å². The van der Waals surface area contributed by atoms with Crippen LogP contribution in [0.1, 0.15) is 18.4 Å². The van der Waals surface area contributed by atoms with Crippen molar-refractivity contribution in [3.8, 4) is 5.75 Å². The van der Waals surface area contributed by atoms with E-state index in [0.29, 0.717) is 5.92 Å². The normalized spacial score (nSPS) is 20.0. The summed E-state index contributed by atoms with van der Waals surface area (Å²) in [6.45, 7) is 3.27. The van der Waals surface area contributed by atoms with Crippen LogP contribution in [0, 0.1) is 0 Å². The first-order valence-electron chi connectivity index (χ1n) is 4.23. The van der Waals surface area contributed by atoms with Crippen molar-refractivity contribution in [2.45, 2.75) is 12.8 Å². The zero-order valence-electron chi connectivity index (χ0n) is 7.42. The highest BCUT2D eigenvalue weighted by molar-refractivity contribution is 5.60. The molecule has 1 heterocycles. The number of hydrogen-bond acceptors (Lipinski definition) is 2. The van der Waals surface area contributed by atoms with Crippen LogP contribution in [-0.2, 0) is 0 Å². The SMILES string of the molecule is COc1ccc2c(c1)NCC2C. The Balaban J connectivity index is 2.41. The van der Waals surface area contributed by atoms with Gasteiger partial charge in [-0.1, -0.05) is 13.0 Å². The standard InChI is InChI=1S/C10H13NO/c1-7-6-11-10-5-8(12-2)3-4-9(7)10/h3-5,7,11H,6H2,1-2H3. The first-order chi connectivity index (χ1) is 5.81. The first kappa shape index (κ1) is 7.47. The van der Waals surface area contributed by atoms with Crippen molar-refractivity contribution >= 4 is 5.69 Å². The number of fused-ring (bicyclic) bond motifs is 1. The van der Waals surface area contributed by atoms with Crippen LogP contribution in [-0.4, -0.2) is 13.7 Å². The van der Waals surface area contributed by atoms with Gasteiger partial charge < -0.3 is 10.1 Å². The number of ether oxygens (including phenoxy) is 1. The van der Waals surface area contributed by atoms with E-state index in [2.05, 4.69) is 24.4 Å². The van der Waals surface area contributed by atoms with Crippen LogP contribution in [0.25, 0.3) is 0 Å². The minimum atomic E-state index is 0.630. The van der Waals surface area contributed by atoms with Crippen molar-refractivity contribution in [3.05, 3.63) is 23.8 Å². The molecule has 1 unspecified atom stereocenters. The van der Waals surface area contributed by atoms with Crippen LogP contribution in [0.3, 0.4) is 0 Å². The summed E-state index contributed by atoms with van der Waals surface area (Å²) in [5.41, 5.74) is 2.62. The molecule has 0 saturated heterocycles. The molecule has 0 saturated carbocycles. The van der Waals surface area contributed by atoms with Crippen molar-refractivity contribution in [3.63, 3.8) is 0 Å². The largest absolute Gasteiger partial charge is 0.497 e. The second kappa shape index (κ2) is 2.70. The van der Waals surface area contributed by atoms with Gasteiger partial charge in [-0.3, -0.25) is 0 Å². The van der Waals surface area contributed by atoms with Gasteiger partial charge >= 0.3 is 0 Å². The van der Waals surface area contributed by atoms with Crippen molar-refractivity contribution in [1.82, 2.24) is 0 Å². The summed E-state index contributed by atoms with van der Waals surface area (Å²) in [7, 11) is 1.69. The highest BCUT2D eigenvalue weighted by Gasteiger charge is 2.17. The van der Waals surface area contributed by atoms with Gasteiger partial charge in [0.05, 0.1) is 7.11 Å². The molecule has 64 valence electrons. The minimum absolute atomic E-state index is 0.630. The third-order valence-electron chi connectivity index (χ3n) is 2.39. The van der Waals surface area contributed by atoms with Crippen molar-refractivity contribution < 1.29 is 4.74 Å². The van der Waals surface area contributed by atoms with E-state index in [0.717, 1.165) is 12.3 Å². The fourth-order valence-electron chi connectivity index (χ4n) is 1.62. The number of nitrogens with one attached hydrogen (secondary N) is 1. The van der Waals surface area contributed by atoms with Crippen molar-refractivity contribution in [1.29, 1.82) is 0 Å². The molecule has 2 nitrogen and oxygen atoms in total. The van der Waals surface area contributed by atoms with E-state index in [1.54, 1.807) is 7.11 Å². The molecule has 12 heavy (non-hydrogen) atoms. The predicted molar refractivity (Wildman–Crippen MR) is 49.9 cm³/mol. The second-order valence-corrected chi connectivity index (χ2v) is 3.24. The molecule has 0 fully saturated rings. The quantitative estimate of drug-likeness (QED) is 0.685. The Morgan fingerprint density at radius 3 is 3.08 bits per heavy atom. The Kier molecular flexibility index (Phi) is 1.68. The van der Waals surface area contributed by atoms with Crippen LogP contribution < -0.4 is 10.1 Å². The highest BCUT2D eigenvalue weighted by Crippen LogP contribution is 2.33. The smallest absolute Gasteiger partial charge is 0.120 e. The second-order valence-electron chi connectivity index (χ2n) is 3.24.